The van der Waals surface area contributed by atoms with Gasteiger partial charge in [-0.15, -0.1) is 0 Å². The Morgan fingerprint density at radius 3 is 2.92 bits per heavy atom. The van der Waals surface area contributed by atoms with Gasteiger partial charge in [-0.25, -0.2) is 0 Å². The van der Waals surface area contributed by atoms with Crippen LogP contribution in [0.4, 0.5) is 0 Å². The molecule has 1 aliphatic rings. The van der Waals surface area contributed by atoms with Crippen LogP contribution in [0.15, 0.2) is 0 Å². The Kier molecular flexibility index (Phi) is 3.49. The standard InChI is InChI=1S/C8H16N2O2/c1-2-3-8(11)10-7-5-12-4-6(7)9/h6-7H,2-5,9H2,1H3,(H,10,11). The SMILES string of the molecule is CCCC(=O)NC1COCC1N. The lowest BCUT2D eigenvalue weighted by Gasteiger charge is -2.14. The highest BCUT2D eigenvalue weighted by molar-refractivity contribution is 5.76. The van der Waals surface area contributed by atoms with Crippen LogP contribution in [-0.4, -0.2) is 31.2 Å². The molecule has 0 bridgehead atoms. The van der Waals surface area contributed by atoms with Crippen LogP contribution in [0.2, 0.25) is 0 Å². The first-order valence-electron chi connectivity index (χ1n) is 4.36. The number of hydrogen-bond donors (Lipinski definition) is 2. The van der Waals surface area contributed by atoms with Crippen molar-refractivity contribution in [1.29, 1.82) is 0 Å². The van der Waals surface area contributed by atoms with E-state index in [1.165, 1.54) is 0 Å². The first kappa shape index (κ1) is 9.48. The summed E-state index contributed by atoms with van der Waals surface area (Å²) in [6, 6.07) is -0.0187. The molecule has 12 heavy (non-hydrogen) atoms. The van der Waals surface area contributed by atoms with Crippen molar-refractivity contribution < 1.29 is 9.53 Å². The number of carbonyl (C=O) groups excluding carboxylic acids is 1. The van der Waals surface area contributed by atoms with Gasteiger partial charge in [-0.1, -0.05) is 6.92 Å². The summed E-state index contributed by atoms with van der Waals surface area (Å²) < 4.78 is 5.11. The Bertz CT molecular complexity index is 161. The van der Waals surface area contributed by atoms with E-state index in [-0.39, 0.29) is 18.0 Å². The number of nitrogens with one attached hydrogen (secondary N) is 1. The van der Waals surface area contributed by atoms with E-state index in [9.17, 15) is 4.79 Å². The molecule has 1 heterocycles. The van der Waals surface area contributed by atoms with Crippen LogP contribution >= 0.6 is 0 Å². The van der Waals surface area contributed by atoms with Gasteiger partial charge < -0.3 is 15.8 Å². The fourth-order valence-corrected chi connectivity index (χ4v) is 1.23. The molecule has 3 N–H and O–H groups in total. The van der Waals surface area contributed by atoms with Crippen LogP contribution in [0, 0.1) is 0 Å². The third kappa shape index (κ3) is 2.46. The van der Waals surface area contributed by atoms with Crippen LogP contribution in [0.3, 0.4) is 0 Å². The number of ether oxygens (including phenoxy) is 1. The van der Waals surface area contributed by atoms with Crippen molar-refractivity contribution in [3.63, 3.8) is 0 Å². The highest BCUT2D eigenvalue weighted by atomic mass is 16.5. The summed E-state index contributed by atoms with van der Waals surface area (Å²) in [6.07, 6.45) is 1.44. The molecule has 1 fully saturated rings. The van der Waals surface area contributed by atoms with E-state index in [1.807, 2.05) is 6.92 Å². The second-order valence-corrected chi connectivity index (χ2v) is 3.13. The molecule has 2 unspecified atom stereocenters. The van der Waals surface area contributed by atoms with Crippen molar-refractivity contribution >= 4 is 5.91 Å². The van der Waals surface area contributed by atoms with E-state index in [0.717, 1.165) is 6.42 Å². The Hall–Kier alpha value is -0.610. The molecule has 1 amide bonds. The molecular formula is C8H16N2O2. The number of hydrogen-bond acceptors (Lipinski definition) is 3. The van der Waals surface area contributed by atoms with Gasteiger partial charge in [0.25, 0.3) is 0 Å². The highest BCUT2D eigenvalue weighted by Gasteiger charge is 2.25. The predicted octanol–water partition coefficient (Wildman–Crippen LogP) is -0.371. The van der Waals surface area contributed by atoms with Gasteiger partial charge in [0.15, 0.2) is 0 Å². The molecule has 0 radical (unpaired) electrons. The zero-order chi connectivity index (χ0) is 8.97. The Balaban J connectivity index is 2.25. The van der Waals surface area contributed by atoms with E-state index in [4.69, 9.17) is 10.5 Å². The summed E-state index contributed by atoms with van der Waals surface area (Å²) >= 11 is 0. The van der Waals surface area contributed by atoms with Crippen molar-refractivity contribution in [2.24, 2.45) is 5.73 Å². The average Bonchev–Trinajstić information content (AvgIpc) is 2.37. The van der Waals surface area contributed by atoms with Crippen LogP contribution in [0.25, 0.3) is 0 Å². The van der Waals surface area contributed by atoms with Crippen LogP contribution in [0.5, 0.6) is 0 Å². The number of rotatable bonds is 3. The monoisotopic (exact) mass is 172 g/mol. The maximum atomic E-state index is 11.1. The zero-order valence-corrected chi connectivity index (χ0v) is 7.38. The van der Waals surface area contributed by atoms with Gasteiger partial charge in [-0.05, 0) is 6.42 Å². The number of amides is 1. The lowest BCUT2D eigenvalue weighted by atomic mass is 10.2. The highest BCUT2D eigenvalue weighted by Crippen LogP contribution is 2.03. The Morgan fingerprint density at radius 2 is 2.42 bits per heavy atom. The summed E-state index contributed by atoms with van der Waals surface area (Å²) in [5, 5.41) is 2.84. The van der Waals surface area contributed by atoms with E-state index in [1.54, 1.807) is 0 Å². The van der Waals surface area contributed by atoms with Crippen molar-refractivity contribution in [1.82, 2.24) is 5.32 Å². The molecule has 70 valence electrons. The van der Waals surface area contributed by atoms with Gasteiger partial charge in [0.05, 0.1) is 25.3 Å². The Morgan fingerprint density at radius 1 is 1.67 bits per heavy atom. The van der Waals surface area contributed by atoms with Crippen molar-refractivity contribution in [2.75, 3.05) is 13.2 Å². The second kappa shape index (κ2) is 4.42. The van der Waals surface area contributed by atoms with E-state index < -0.39 is 0 Å². The predicted molar refractivity (Wildman–Crippen MR) is 45.6 cm³/mol. The molecule has 0 saturated carbocycles. The first-order valence-corrected chi connectivity index (χ1v) is 4.36. The Labute approximate surface area is 72.5 Å². The topological polar surface area (TPSA) is 64.3 Å². The van der Waals surface area contributed by atoms with Crippen molar-refractivity contribution in [3.8, 4) is 0 Å². The minimum Gasteiger partial charge on any atom is -0.378 e. The van der Waals surface area contributed by atoms with E-state index in [0.29, 0.717) is 19.6 Å². The molecule has 0 aromatic carbocycles. The van der Waals surface area contributed by atoms with Gasteiger partial charge in [-0.2, -0.15) is 0 Å². The van der Waals surface area contributed by atoms with Crippen LogP contribution in [0.1, 0.15) is 19.8 Å². The largest absolute Gasteiger partial charge is 0.378 e. The summed E-state index contributed by atoms with van der Waals surface area (Å²) in [4.78, 5) is 11.1. The summed E-state index contributed by atoms with van der Waals surface area (Å²) in [5.74, 6) is 0.0726. The first-order chi connectivity index (χ1) is 5.74. The van der Waals surface area contributed by atoms with E-state index >= 15 is 0 Å². The molecule has 4 heteroatoms. The number of nitrogens with two attached hydrogens (primary N) is 1. The molecule has 4 nitrogen and oxygen atoms in total. The summed E-state index contributed by atoms with van der Waals surface area (Å²) in [5.41, 5.74) is 5.68. The van der Waals surface area contributed by atoms with E-state index in [2.05, 4.69) is 5.32 Å². The van der Waals surface area contributed by atoms with Gasteiger partial charge in [0.2, 0.25) is 5.91 Å². The van der Waals surface area contributed by atoms with Crippen molar-refractivity contribution in [2.45, 2.75) is 31.8 Å². The molecule has 1 saturated heterocycles. The molecule has 2 atom stereocenters. The maximum Gasteiger partial charge on any atom is 0.220 e. The van der Waals surface area contributed by atoms with Gasteiger partial charge in [0.1, 0.15) is 0 Å². The van der Waals surface area contributed by atoms with Gasteiger partial charge in [-0.3, -0.25) is 4.79 Å². The molecular weight excluding hydrogens is 156 g/mol. The zero-order valence-electron chi connectivity index (χ0n) is 7.38. The van der Waals surface area contributed by atoms with Crippen molar-refractivity contribution in [3.05, 3.63) is 0 Å². The smallest absolute Gasteiger partial charge is 0.220 e. The lowest BCUT2D eigenvalue weighted by Crippen LogP contribution is -2.46. The summed E-state index contributed by atoms with van der Waals surface area (Å²) in [6.45, 7) is 3.08. The molecule has 1 aliphatic heterocycles. The number of carbonyl (C=O) groups is 1. The minimum atomic E-state index is -0.0363. The van der Waals surface area contributed by atoms with Gasteiger partial charge >= 0.3 is 0 Å². The molecule has 0 aromatic heterocycles. The lowest BCUT2D eigenvalue weighted by molar-refractivity contribution is -0.121. The average molecular weight is 172 g/mol. The molecule has 0 spiro atoms. The minimum absolute atomic E-state index is 0.0176. The fourth-order valence-electron chi connectivity index (χ4n) is 1.23. The second-order valence-electron chi connectivity index (χ2n) is 3.13. The maximum absolute atomic E-state index is 11.1. The molecule has 0 aliphatic carbocycles. The normalized spacial score (nSPS) is 28.8. The summed E-state index contributed by atoms with van der Waals surface area (Å²) in [7, 11) is 0. The van der Waals surface area contributed by atoms with Gasteiger partial charge in [0, 0.05) is 6.42 Å². The van der Waals surface area contributed by atoms with Crippen LogP contribution in [-0.2, 0) is 9.53 Å². The molecule has 1 rings (SSSR count). The van der Waals surface area contributed by atoms with Crippen LogP contribution < -0.4 is 11.1 Å². The third-order valence-corrected chi connectivity index (χ3v) is 1.95. The third-order valence-electron chi connectivity index (χ3n) is 1.95. The molecule has 0 aromatic rings. The fraction of sp³-hybridized carbons (Fsp3) is 0.875. The quantitative estimate of drug-likeness (QED) is 0.610.